The summed E-state index contributed by atoms with van der Waals surface area (Å²) in [6.45, 7) is 5.72. The molecule has 0 aliphatic heterocycles. The highest BCUT2D eigenvalue weighted by molar-refractivity contribution is 5.81. The van der Waals surface area contributed by atoms with Gasteiger partial charge in [-0.3, -0.25) is 10.1 Å². The molecule has 0 radical (unpaired) electrons. The van der Waals surface area contributed by atoms with Gasteiger partial charge in [-0.15, -0.1) is 0 Å². The zero-order valence-electron chi connectivity index (χ0n) is 20.1. The number of nitriles is 1. The molecule has 4 rings (SSSR count). The second-order valence-corrected chi connectivity index (χ2v) is 9.00. The molecule has 0 saturated heterocycles. The molecule has 0 saturated carbocycles. The Hall–Kier alpha value is -3.70. The normalized spacial score (nSPS) is 15.6. The number of fused-ring (bicyclic) bond motifs is 1. The molecule has 2 aromatic carbocycles. The van der Waals surface area contributed by atoms with Crippen LogP contribution in [0.15, 0.2) is 40.9 Å². The first-order chi connectivity index (χ1) is 16.3. The number of likely N-dealkylation sites (N-methyl/N-ethyl adjacent to an activating group) is 1. The molecular weight excluding hydrogens is 430 g/mol. The molecule has 0 spiro atoms. The standard InChI is InChI=1S/C26H29N5O3/c1-15(2)33-23-12-9-17(13-18(23)14-27)25-29-24(30-34-25)21-8-6-7-20-19(21)10-11-22(20)28-16(3)26(32)31(4)5/h6-9,12-13,15-16,22,28H,10-11H2,1-5H3/t16?,22-/m0/s1. The average Bonchev–Trinajstić information content (AvgIpc) is 3.46. The SMILES string of the molecule is CC(C)Oc1ccc(-c2nc(-c3cccc4c3CC[C@@H]4NC(C)C(=O)N(C)C)no2)cc1C#N. The fourth-order valence-corrected chi connectivity index (χ4v) is 4.35. The predicted octanol–water partition coefficient (Wildman–Crippen LogP) is 4.12. The number of rotatable bonds is 7. The molecule has 8 nitrogen and oxygen atoms in total. The van der Waals surface area contributed by atoms with Gasteiger partial charge in [0.15, 0.2) is 0 Å². The molecule has 1 unspecified atom stereocenters. The number of aromatic nitrogens is 2. The molecule has 34 heavy (non-hydrogen) atoms. The number of nitrogens with zero attached hydrogens (tertiary/aromatic N) is 4. The molecule has 1 heterocycles. The van der Waals surface area contributed by atoms with E-state index in [1.165, 1.54) is 0 Å². The van der Waals surface area contributed by atoms with Crippen molar-refractivity contribution >= 4 is 5.91 Å². The van der Waals surface area contributed by atoms with Crippen LogP contribution in [-0.4, -0.2) is 47.2 Å². The summed E-state index contributed by atoms with van der Waals surface area (Å²) in [6, 6.07) is 13.3. The fraction of sp³-hybridized carbons (Fsp3) is 0.385. The van der Waals surface area contributed by atoms with Gasteiger partial charge >= 0.3 is 0 Å². The molecule has 3 aromatic rings. The summed E-state index contributed by atoms with van der Waals surface area (Å²) >= 11 is 0. The minimum Gasteiger partial charge on any atom is -0.490 e. The van der Waals surface area contributed by atoms with Crippen molar-refractivity contribution in [3.05, 3.63) is 53.1 Å². The van der Waals surface area contributed by atoms with Crippen molar-refractivity contribution in [2.75, 3.05) is 14.1 Å². The van der Waals surface area contributed by atoms with E-state index in [4.69, 9.17) is 9.26 Å². The Balaban J connectivity index is 1.59. The van der Waals surface area contributed by atoms with Crippen molar-refractivity contribution < 1.29 is 14.1 Å². The lowest BCUT2D eigenvalue weighted by Crippen LogP contribution is -2.42. The topological polar surface area (TPSA) is 104 Å². The van der Waals surface area contributed by atoms with Gasteiger partial charge in [-0.25, -0.2) is 0 Å². The largest absolute Gasteiger partial charge is 0.490 e. The zero-order valence-corrected chi connectivity index (χ0v) is 20.1. The van der Waals surface area contributed by atoms with E-state index in [0.29, 0.717) is 28.6 Å². The fourth-order valence-electron chi connectivity index (χ4n) is 4.35. The van der Waals surface area contributed by atoms with E-state index in [1.54, 1.807) is 31.1 Å². The zero-order chi connectivity index (χ0) is 24.4. The second kappa shape index (κ2) is 9.65. The molecular formula is C26H29N5O3. The molecule has 176 valence electrons. The monoisotopic (exact) mass is 459 g/mol. The van der Waals surface area contributed by atoms with E-state index in [2.05, 4.69) is 27.6 Å². The number of benzene rings is 2. The van der Waals surface area contributed by atoms with E-state index < -0.39 is 0 Å². The van der Waals surface area contributed by atoms with Crippen molar-refractivity contribution in [2.24, 2.45) is 0 Å². The lowest BCUT2D eigenvalue weighted by molar-refractivity contribution is -0.130. The van der Waals surface area contributed by atoms with Gasteiger partial charge < -0.3 is 14.2 Å². The van der Waals surface area contributed by atoms with Crippen LogP contribution in [0.5, 0.6) is 5.75 Å². The van der Waals surface area contributed by atoms with Gasteiger partial charge in [0.2, 0.25) is 11.7 Å². The minimum absolute atomic E-state index is 0.0320. The summed E-state index contributed by atoms with van der Waals surface area (Å²) in [7, 11) is 3.53. The van der Waals surface area contributed by atoms with E-state index in [1.807, 2.05) is 39.0 Å². The summed E-state index contributed by atoms with van der Waals surface area (Å²) in [5.74, 6) is 1.43. The first-order valence-corrected chi connectivity index (χ1v) is 11.4. The molecule has 1 aromatic heterocycles. The Morgan fingerprint density at radius 1 is 1.26 bits per heavy atom. The third kappa shape index (κ3) is 4.66. The predicted molar refractivity (Wildman–Crippen MR) is 128 cm³/mol. The number of nitrogens with one attached hydrogen (secondary N) is 1. The van der Waals surface area contributed by atoms with Crippen LogP contribution in [0, 0.1) is 11.3 Å². The van der Waals surface area contributed by atoms with Gasteiger partial charge in [-0.05, 0) is 62.9 Å². The van der Waals surface area contributed by atoms with Crippen LogP contribution >= 0.6 is 0 Å². The maximum Gasteiger partial charge on any atom is 0.258 e. The van der Waals surface area contributed by atoms with Gasteiger partial charge in [0.25, 0.3) is 5.89 Å². The van der Waals surface area contributed by atoms with E-state index in [0.717, 1.165) is 29.5 Å². The highest BCUT2D eigenvalue weighted by Gasteiger charge is 2.29. The number of hydrogen-bond acceptors (Lipinski definition) is 7. The second-order valence-electron chi connectivity index (χ2n) is 9.00. The van der Waals surface area contributed by atoms with Gasteiger partial charge in [-0.2, -0.15) is 10.2 Å². The maximum atomic E-state index is 12.3. The highest BCUT2D eigenvalue weighted by Crippen LogP contribution is 2.38. The van der Waals surface area contributed by atoms with Crippen LogP contribution in [0.3, 0.4) is 0 Å². The molecule has 2 atom stereocenters. The van der Waals surface area contributed by atoms with Crippen LogP contribution in [0.2, 0.25) is 0 Å². The third-order valence-corrected chi connectivity index (χ3v) is 5.91. The van der Waals surface area contributed by atoms with E-state index in [9.17, 15) is 10.1 Å². The van der Waals surface area contributed by atoms with Crippen LogP contribution < -0.4 is 10.1 Å². The molecule has 0 bridgehead atoms. The molecule has 1 amide bonds. The summed E-state index contributed by atoms with van der Waals surface area (Å²) in [5.41, 5.74) is 4.32. The number of hydrogen-bond donors (Lipinski definition) is 1. The van der Waals surface area contributed by atoms with Gasteiger partial charge in [0.05, 0.1) is 17.7 Å². The Kier molecular flexibility index (Phi) is 6.66. The number of carbonyl (C=O) groups excluding carboxylic acids is 1. The quantitative estimate of drug-likeness (QED) is 0.567. The smallest absolute Gasteiger partial charge is 0.258 e. The van der Waals surface area contributed by atoms with Gasteiger partial charge in [0, 0.05) is 31.3 Å². The lowest BCUT2D eigenvalue weighted by Gasteiger charge is -2.22. The molecule has 0 fully saturated rings. The van der Waals surface area contributed by atoms with Crippen LogP contribution in [0.1, 0.15) is 49.9 Å². The van der Waals surface area contributed by atoms with Crippen molar-refractivity contribution in [3.8, 4) is 34.7 Å². The lowest BCUT2D eigenvalue weighted by atomic mass is 10.0. The molecule has 1 N–H and O–H groups in total. The average molecular weight is 460 g/mol. The Morgan fingerprint density at radius 3 is 2.76 bits per heavy atom. The summed E-state index contributed by atoms with van der Waals surface area (Å²) in [5, 5.41) is 17.2. The van der Waals surface area contributed by atoms with Crippen molar-refractivity contribution in [3.63, 3.8) is 0 Å². The Labute approximate surface area is 199 Å². The van der Waals surface area contributed by atoms with Gasteiger partial charge in [0.1, 0.15) is 11.8 Å². The molecule has 1 aliphatic rings. The first kappa shape index (κ1) is 23.5. The minimum atomic E-state index is -0.275. The Bertz CT molecular complexity index is 1240. The number of amides is 1. The van der Waals surface area contributed by atoms with Crippen LogP contribution in [0.25, 0.3) is 22.8 Å². The van der Waals surface area contributed by atoms with E-state index in [-0.39, 0.29) is 24.1 Å². The maximum absolute atomic E-state index is 12.3. The summed E-state index contributed by atoms with van der Waals surface area (Å²) in [6.07, 6.45) is 1.72. The molecule has 1 aliphatic carbocycles. The van der Waals surface area contributed by atoms with Crippen molar-refractivity contribution in [2.45, 2.75) is 51.8 Å². The number of carbonyl (C=O) groups is 1. The van der Waals surface area contributed by atoms with Gasteiger partial charge in [-0.1, -0.05) is 23.4 Å². The van der Waals surface area contributed by atoms with Crippen molar-refractivity contribution in [1.82, 2.24) is 20.4 Å². The highest BCUT2D eigenvalue weighted by atomic mass is 16.5. The van der Waals surface area contributed by atoms with Crippen LogP contribution in [-0.2, 0) is 11.2 Å². The third-order valence-electron chi connectivity index (χ3n) is 5.91. The summed E-state index contributed by atoms with van der Waals surface area (Å²) in [4.78, 5) is 18.5. The molecule has 8 heteroatoms. The first-order valence-electron chi connectivity index (χ1n) is 11.4. The van der Waals surface area contributed by atoms with Crippen molar-refractivity contribution in [1.29, 1.82) is 5.26 Å². The summed E-state index contributed by atoms with van der Waals surface area (Å²) < 4.78 is 11.3. The van der Waals surface area contributed by atoms with Crippen LogP contribution in [0.4, 0.5) is 0 Å². The number of ether oxygens (including phenoxy) is 1. The van der Waals surface area contributed by atoms with E-state index >= 15 is 0 Å². The Morgan fingerprint density at radius 2 is 2.06 bits per heavy atom.